The molecule has 4 heterocycles. The lowest BCUT2D eigenvalue weighted by molar-refractivity contribution is 1.13. The van der Waals surface area contributed by atoms with Crippen LogP contribution in [0.2, 0.25) is 0 Å². The number of benzene rings is 8. The second-order valence-electron chi connectivity index (χ2n) is 14.2. The van der Waals surface area contributed by atoms with Crippen LogP contribution in [0, 0.1) is 0 Å². The Hall–Kier alpha value is -7.30. The summed E-state index contributed by atoms with van der Waals surface area (Å²) in [5.74, 6) is 0. The number of fused-ring (bicyclic) bond motifs is 12. The summed E-state index contributed by atoms with van der Waals surface area (Å²) in [6.45, 7) is 0. The van der Waals surface area contributed by atoms with Crippen molar-refractivity contribution in [2.45, 2.75) is 0 Å². The van der Waals surface area contributed by atoms with Crippen molar-refractivity contribution >= 4 is 76.3 Å². The monoisotopic (exact) mass is 688 g/mol. The lowest BCUT2D eigenvalue weighted by atomic mass is 10.1. The van der Waals surface area contributed by atoms with Gasteiger partial charge in [0.15, 0.2) is 0 Å². The number of para-hydroxylation sites is 5. The second-order valence-corrected chi connectivity index (χ2v) is 14.2. The van der Waals surface area contributed by atoms with Gasteiger partial charge in [-0.1, -0.05) is 97.1 Å². The molecular weight excluding hydrogens is 657 g/mol. The quantitative estimate of drug-likeness (QED) is 0.175. The minimum absolute atomic E-state index is 1.15. The minimum Gasteiger partial charge on any atom is -0.316 e. The van der Waals surface area contributed by atoms with E-state index in [0.717, 1.165) is 22.7 Å². The van der Waals surface area contributed by atoms with Gasteiger partial charge < -0.3 is 18.3 Å². The molecule has 54 heavy (non-hydrogen) atoms. The zero-order valence-corrected chi connectivity index (χ0v) is 29.3. The molecule has 0 N–H and O–H groups in total. The SMILES string of the molecule is c1ccc(-n2ccc3c2ccc2c4c(ccc5c6ccccc6n(-c6ccc7c(c6)c6ccccc6n7-c6ccccc6)c54)n(-c4ccccc4)c23)cc1. The summed E-state index contributed by atoms with van der Waals surface area (Å²) < 4.78 is 9.67. The van der Waals surface area contributed by atoms with Gasteiger partial charge in [-0.25, -0.2) is 0 Å². The second kappa shape index (κ2) is 11.1. The fraction of sp³-hybridized carbons (Fsp3) is 0. The van der Waals surface area contributed by atoms with Crippen molar-refractivity contribution in [2.24, 2.45) is 0 Å². The molecule has 0 aliphatic rings. The van der Waals surface area contributed by atoms with Crippen LogP contribution in [0.5, 0.6) is 0 Å². The Morgan fingerprint density at radius 1 is 0.259 bits per heavy atom. The number of nitrogens with zero attached hydrogens (tertiary/aromatic N) is 4. The van der Waals surface area contributed by atoms with Gasteiger partial charge in [-0.2, -0.15) is 0 Å². The molecule has 0 unspecified atom stereocenters. The van der Waals surface area contributed by atoms with Crippen molar-refractivity contribution in [1.29, 1.82) is 0 Å². The molecule has 4 heteroatoms. The van der Waals surface area contributed by atoms with Crippen molar-refractivity contribution in [3.63, 3.8) is 0 Å². The van der Waals surface area contributed by atoms with E-state index in [0.29, 0.717) is 0 Å². The zero-order chi connectivity index (χ0) is 35.3. The van der Waals surface area contributed by atoms with Gasteiger partial charge in [-0.15, -0.1) is 0 Å². The van der Waals surface area contributed by atoms with E-state index in [2.05, 4.69) is 213 Å². The molecule has 12 rings (SSSR count). The van der Waals surface area contributed by atoms with Gasteiger partial charge >= 0.3 is 0 Å². The lowest BCUT2D eigenvalue weighted by Crippen LogP contribution is -1.96. The summed E-state index contributed by atoms with van der Waals surface area (Å²) in [5.41, 5.74) is 13.0. The molecule has 0 fully saturated rings. The average molecular weight is 689 g/mol. The maximum absolute atomic E-state index is 2.51. The Bertz CT molecular complexity index is 3410. The summed E-state index contributed by atoms with van der Waals surface area (Å²) in [5, 5.41) is 8.70. The summed E-state index contributed by atoms with van der Waals surface area (Å²) in [4.78, 5) is 0. The number of aromatic nitrogens is 4. The van der Waals surface area contributed by atoms with E-state index in [-0.39, 0.29) is 0 Å². The van der Waals surface area contributed by atoms with Gasteiger partial charge in [-0.05, 0) is 91.0 Å². The molecular formula is C50H32N4. The first-order valence-corrected chi connectivity index (χ1v) is 18.5. The maximum atomic E-state index is 2.51. The third-order valence-corrected chi connectivity index (χ3v) is 11.4. The van der Waals surface area contributed by atoms with Crippen LogP contribution < -0.4 is 0 Å². The standard InChI is InChI=1S/C50H32N4/c1-4-14-33(15-5-1)51-31-30-40-43(51)28-26-41-48-47(53(49(40)41)35-18-8-3-9-19-35)29-25-39-37-20-10-13-23-45(37)54(50(39)48)36-24-27-46-42(32-36)38-21-11-12-22-44(38)52(46)34-16-6-2-7-17-34/h1-32H. The Balaban J connectivity index is 1.23. The fourth-order valence-corrected chi connectivity index (χ4v) is 9.15. The highest BCUT2D eigenvalue weighted by Crippen LogP contribution is 2.45. The van der Waals surface area contributed by atoms with E-state index in [1.807, 2.05) is 0 Å². The minimum atomic E-state index is 1.15. The van der Waals surface area contributed by atoms with Gasteiger partial charge in [0.25, 0.3) is 0 Å². The van der Waals surface area contributed by atoms with Crippen molar-refractivity contribution < 1.29 is 0 Å². The topological polar surface area (TPSA) is 19.7 Å². The molecule has 8 aromatic carbocycles. The van der Waals surface area contributed by atoms with Crippen LogP contribution in [-0.4, -0.2) is 18.3 Å². The van der Waals surface area contributed by atoms with Crippen molar-refractivity contribution in [3.8, 4) is 22.7 Å². The van der Waals surface area contributed by atoms with Crippen molar-refractivity contribution in [3.05, 3.63) is 194 Å². The molecule has 0 aliphatic heterocycles. The van der Waals surface area contributed by atoms with E-state index in [9.17, 15) is 0 Å². The highest BCUT2D eigenvalue weighted by atomic mass is 15.0. The van der Waals surface area contributed by atoms with Crippen LogP contribution in [0.4, 0.5) is 0 Å². The summed E-state index contributed by atoms with van der Waals surface area (Å²) >= 11 is 0. The predicted octanol–water partition coefficient (Wildman–Crippen LogP) is 12.9. The zero-order valence-electron chi connectivity index (χ0n) is 29.3. The Morgan fingerprint density at radius 2 is 0.778 bits per heavy atom. The van der Waals surface area contributed by atoms with E-state index in [1.54, 1.807) is 0 Å². The maximum Gasteiger partial charge on any atom is 0.0641 e. The van der Waals surface area contributed by atoms with Crippen LogP contribution in [0.25, 0.3) is 99.1 Å². The fourth-order valence-electron chi connectivity index (χ4n) is 9.15. The predicted molar refractivity (Wildman–Crippen MR) is 226 cm³/mol. The Morgan fingerprint density at radius 3 is 1.50 bits per heavy atom. The Kier molecular flexibility index (Phi) is 6.02. The molecule has 0 atom stereocenters. The van der Waals surface area contributed by atoms with Crippen molar-refractivity contribution in [2.75, 3.05) is 0 Å². The summed E-state index contributed by atoms with van der Waals surface area (Å²) in [6, 6.07) is 68.4. The van der Waals surface area contributed by atoms with Crippen LogP contribution in [0.15, 0.2) is 194 Å². The summed E-state index contributed by atoms with van der Waals surface area (Å²) in [7, 11) is 0. The van der Waals surface area contributed by atoms with Gasteiger partial charge in [0.2, 0.25) is 0 Å². The number of hydrogen-bond acceptors (Lipinski definition) is 0. The van der Waals surface area contributed by atoms with Gasteiger partial charge in [-0.3, -0.25) is 0 Å². The first-order valence-electron chi connectivity index (χ1n) is 18.5. The molecule has 0 aliphatic carbocycles. The van der Waals surface area contributed by atoms with E-state index in [4.69, 9.17) is 0 Å². The first kappa shape index (κ1) is 29.3. The third kappa shape index (κ3) is 3.97. The molecule has 0 saturated carbocycles. The molecule has 0 bridgehead atoms. The van der Waals surface area contributed by atoms with Gasteiger partial charge in [0.05, 0.1) is 38.6 Å². The highest BCUT2D eigenvalue weighted by Gasteiger charge is 2.23. The average Bonchev–Trinajstić information content (AvgIpc) is 3.99. The smallest absolute Gasteiger partial charge is 0.0641 e. The molecule has 4 nitrogen and oxygen atoms in total. The van der Waals surface area contributed by atoms with E-state index >= 15 is 0 Å². The van der Waals surface area contributed by atoms with Crippen LogP contribution >= 0.6 is 0 Å². The lowest BCUT2D eigenvalue weighted by Gasteiger charge is -2.11. The van der Waals surface area contributed by atoms with Gasteiger partial charge in [0.1, 0.15) is 0 Å². The number of hydrogen-bond donors (Lipinski definition) is 0. The van der Waals surface area contributed by atoms with Crippen LogP contribution in [0.1, 0.15) is 0 Å². The molecule has 12 aromatic rings. The van der Waals surface area contributed by atoms with Crippen LogP contribution in [0.3, 0.4) is 0 Å². The van der Waals surface area contributed by atoms with Crippen molar-refractivity contribution in [1.82, 2.24) is 18.3 Å². The highest BCUT2D eigenvalue weighted by molar-refractivity contribution is 6.29. The molecule has 0 spiro atoms. The normalized spacial score (nSPS) is 12.1. The largest absolute Gasteiger partial charge is 0.316 e. The van der Waals surface area contributed by atoms with E-state index in [1.165, 1.54) is 76.3 Å². The third-order valence-electron chi connectivity index (χ3n) is 11.4. The molecule has 0 saturated heterocycles. The molecule has 0 radical (unpaired) electrons. The molecule has 0 amide bonds. The summed E-state index contributed by atoms with van der Waals surface area (Å²) in [6.07, 6.45) is 2.21. The van der Waals surface area contributed by atoms with E-state index < -0.39 is 0 Å². The van der Waals surface area contributed by atoms with Crippen LogP contribution in [-0.2, 0) is 0 Å². The number of rotatable bonds is 4. The first-order chi connectivity index (χ1) is 26.8. The molecule has 4 aromatic heterocycles. The van der Waals surface area contributed by atoms with Gasteiger partial charge in [0, 0.05) is 66.6 Å². The molecule has 252 valence electrons. The Labute approximate surface area is 310 Å².